The molecule has 1 atom stereocenters. The fraction of sp³-hybridized carbons (Fsp3) is 0.378. The highest BCUT2D eigenvalue weighted by molar-refractivity contribution is 8.00. The third-order valence-corrected chi connectivity index (χ3v) is 11.9. The van der Waals surface area contributed by atoms with Crippen LogP contribution in [0.15, 0.2) is 68.7 Å². The van der Waals surface area contributed by atoms with Crippen LogP contribution in [0.3, 0.4) is 0 Å². The second kappa shape index (κ2) is 8.79. The predicted molar refractivity (Wildman–Crippen MR) is 178 cm³/mol. The third kappa shape index (κ3) is 3.40. The molecule has 0 saturated carbocycles. The molecule has 0 N–H and O–H groups in total. The van der Waals surface area contributed by atoms with Crippen LogP contribution in [0.25, 0.3) is 32.5 Å². The lowest BCUT2D eigenvalue weighted by Crippen LogP contribution is -2.45. The number of hydrogen-bond donors (Lipinski definition) is 0. The molecule has 3 aliphatic heterocycles. The molecule has 42 heavy (non-hydrogen) atoms. The minimum atomic E-state index is -0.190. The number of fused-ring (bicyclic) bond motifs is 8. The Kier molecular flexibility index (Phi) is 5.49. The van der Waals surface area contributed by atoms with E-state index in [9.17, 15) is 4.79 Å². The molecule has 1 unspecified atom stereocenters. The van der Waals surface area contributed by atoms with Crippen LogP contribution in [0.1, 0.15) is 75.1 Å². The van der Waals surface area contributed by atoms with Gasteiger partial charge in [-0.25, -0.2) is 4.79 Å². The molecular weight excluding hydrogens is 536 g/mol. The van der Waals surface area contributed by atoms with Gasteiger partial charge in [-0.15, -0.1) is 0 Å². The Morgan fingerprint density at radius 2 is 1.48 bits per heavy atom. The van der Waals surface area contributed by atoms with Gasteiger partial charge in [-0.2, -0.15) is 0 Å². The predicted octanol–water partition coefficient (Wildman–Crippen LogP) is 9.07. The minimum absolute atomic E-state index is 0.0659. The molecule has 0 bridgehead atoms. The van der Waals surface area contributed by atoms with Gasteiger partial charge in [0.05, 0.1) is 11.3 Å². The maximum absolute atomic E-state index is 14.3. The van der Waals surface area contributed by atoms with E-state index in [-0.39, 0.29) is 21.8 Å². The molecule has 4 nitrogen and oxygen atoms in total. The smallest absolute Gasteiger partial charge is 0.342 e. The molecule has 0 spiro atoms. The molecular formula is C37H38N2O2S. The summed E-state index contributed by atoms with van der Waals surface area (Å²) in [4.78, 5) is 20.4. The molecule has 8 rings (SSSR count). The molecule has 4 aromatic carbocycles. The number of nitrogens with zero attached hydrogens (tertiary/aromatic N) is 2. The number of hydrogen-bond acceptors (Lipinski definition) is 5. The number of aryl methyl sites for hydroxylation is 1. The number of rotatable bonds is 2. The SMILES string of the molecule is CCc1c(C2Sc3c(c4ccccc4c4ccccc34)N2C)c(=O)oc2c3c4c(cc12)C(C)(C)CCN4CCC3(C)C. The van der Waals surface area contributed by atoms with E-state index in [0.29, 0.717) is 0 Å². The molecule has 4 heterocycles. The maximum atomic E-state index is 14.3. The summed E-state index contributed by atoms with van der Waals surface area (Å²) in [6, 6.07) is 19.7. The second-order valence-electron chi connectivity index (χ2n) is 13.8. The number of thioether (sulfide) groups is 1. The summed E-state index contributed by atoms with van der Waals surface area (Å²) in [5.41, 5.74) is 7.74. The normalized spacial score (nSPS) is 20.4. The molecule has 214 valence electrons. The van der Waals surface area contributed by atoms with E-state index in [4.69, 9.17) is 4.42 Å². The van der Waals surface area contributed by atoms with Crippen LogP contribution in [0, 0.1) is 0 Å². The summed E-state index contributed by atoms with van der Waals surface area (Å²) in [6.45, 7) is 13.7. The van der Waals surface area contributed by atoms with Crippen LogP contribution in [-0.2, 0) is 17.3 Å². The van der Waals surface area contributed by atoms with Crippen molar-refractivity contribution in [3.63, 3.8) is 0 Å². The first-order valence-electron chi connectivity index (χ1n) is 15.4. The second-order valence-corrected chi connectivity index (χ2v) is 14.9. The van der Waals surface area contributed by atoms with Crippen molar-refractivity contribution >= 4 is 55.7 Å². The van der Waals surface area contributed by atoms with Crippen molar-refractivity contribution in [3.8, 4) is 0 Å². The van der Waals surface area contributed by atoms with Gasteiger partial charge in [-0.3, -0.25) is 0 Å². The highest BCUT2D eigenvalue weighted by Gasteiger charge is 2.43. The Hall–Kier alpha value is -3.44. The van der Waals surface area contributed by atoms with Crippen LogP contribution < -0.4 is 15.4 Å². The first-order valence-corrected chi connectivity index (χ1v) is 16.3. The van der Waals surface area contributed by atoms with Crippen molar-refractivity contribution in [2.75, 3.05) is 29.9 Å². The van der Waals surface area contributed by atoms with Gasteiger partial charge < -0.3 is 14.2 Å². The molecule has 0 amide bonds. The fourth-order valence-corrected chi connectivity index (χ4v) is 9.56. The quantitative estimate of drug-likeness (QED) is 0.155. The van der Waals surface area contributed by atoms with Crippen LogP contribution in [0.5, 0.6) is 0 Å². The summed E-state index contributed by atoms with van der Waals surface area (Å²) < 4.78 is 6.52. The van der Waals surface area contributed by atoms with Gasteiger partial charge in [0.2, 0.25) is 0 Å². The molecule has 1 aromatic heterocycles. The summed E-state index contributed by atoms with van der Waals surface area (Å²) >= 11 is 1.80. The average molecular weight is 575 g/mol. The van der Waals surface area contributed by atoms with Crippen molar-refractivity contribution < 1.29 is 4.42 Å². The zero-order chi connectivity index (χ0) is 29.1. The van der Waals surface area contributed by atoms with Crippen molar-refractivity contribution in [1.29, 1.82) is 0 Å². The lowest BCUT2D eigenvalue weighted by atomic mass is 9.69. The van der Waals surface area contributed by atoms with Gasteiger partial charge >= 0.3 is 5.63 Å². The minimum Gasteiger partial charge on any atom is -0.422 e. The van der Waals surface area contributed by atoms with E-state index in [1.165, 1.54) is 48.9 Å². The lowest BCUT2D eigenvalue weighted by molar-refractivity contribution is 0.398. The zero-order valence-electron chi connectivity index (χ0n) is 25.4. The highest BCUT2D eigenvalue weighted by Crippen LogP contribution is 2.57. The molecule has 0 aliphatic carbocycles. The lowest BCUT2D eigenvalue weighted by Gasteiger charge is -2.48. The Morgan fingerprint density at radius 1 is 0.857 bits per heavy atom. The number of anilines is 2. The van der Waals surface area contributed by atoms with E-state index in [1.807, 2.05) is 0 Å². The van der Waals surface area contributed by atoms with E-state index >= 15 is 0 Å². The van der Waals surface area contributed by atoms with Crippen molar-refractivity contribution in [2.45, 2.75) is 75.0 Å². The van der Waals surface area contributed by atoms with Crippen LogP contribution in [-0.4, -0.2) is 20.1 Å². The van der Waals surface area contributed by atoms with Crippen molar-refractivity contribution in [2.24, 2.45) is 0 Å². The van der Waals surface area contributed by atoms with Crippen molar-refractivity contribution in [3.05, 3.63) is 87.3 Å². The molecule has 0 saturated heterocycles. The van der Waals surface area contributed by atoms with Crippen molar-refractivity contribution in [1.82, 2.24) is 0 Å². The van der Waals surface area contributed by atoms with E-state index < -0.39 is 0 Å². The van der Waals surface area contributed by atoms with Gasteiger partial charge in [-0.1, -0.05) is 94.9 Å². The molecule has 3 aliphatic rings. The van der Waals surface area contributed by atoms with Gasteiger partial charge in [0.1, 0.15) is 11.0 Å². The summed E-state index contributed by atoms with van der Waals surface area (Å²) in [6.07, 6.45) is 2.97. The highest BCUT2D eigenvalue weighted by atomic mass is 32.2. The first kappa shape index (κ1) is 26.2. The van der Waals surface area contributed by atoms with Gasteiger partial charge in [0, 0.05) is 47.1 Å². The summed E-state index contributed by atoms with van der Waals surface area (Å²) in [7, 11) is 2.15. The van der Waals surface area contributed by atoms with Gasteiger partial charge in [-0.05, 0) is 63.4 Å². The average Bonchev–Trinajstić information content (AvgIpc) is 3.32. The van der Waals surface area contributed by atoms with Gasteiger partial charge in [0.15, 0.2) is 0 Å². The Balaban J connectivity index is 1.41. The van der Waals surface area contributed by atoms with Crippen LogP contribution in [0.2, 0.25) is 0 Å². The van der Waals surface area contributed by atoms with Crippen LogP contribution in [0.4, 0.5) is 11.4 Å². The summed E-state index contributed by atoms with van der Waals surface area (Å²) in [5.74, 6) is 0. The first-order chi connectivity index (χ1) is 20.1. The number of benzene rings is 4. The molecule has 0 fully saturated rings. The topological polar surface area (TPSA) is 36.7 Å². The Bertz CT molecular complexity index is 2020. The standard InChI is InChI=1S/C37H38N2O2S/c1-7-21-26-20-27-31-29(37(4,5)17-19-39(31)18-16-36(27,2)3)32(26)41-35(40)28(21)34-38(6)30-24-14-10-8-12-22(24)23-13-9-11-15-25(23)33(30)42-34/h8-15,20,34H,7,16-19H2,1-6H3. The summed E-state index contributed by atoms with van der Waals surface area (Å²) in [5, 5.41) is 5.96. The van der Waals surface area contributed by atoms with E-state index in [2.05, 4.69) is 106 Å². The van der Waals surface area contributed by atoms with Crippen LogP contribution >= 0.6 is 11.8 Å². The zero-order valence-corrected chi connectivity index (χ0v) is 26.2. The van der Waals surface area contributed by atoms with E-state index in [1.54, 1.807) is 11.8 Å². The van der Waals surface area contributed by atoms with E-state index in [0.717, 1.165) is 54.4 Å². The molecule has 5 aromatic rings. The Labute approximate surface area is 251 Å². The third-order valence-electron chi connectivity index (χ3n) is 10.4. The largest absolute Gasteiger partial charge is 0.422 e. The Morgan fingerprint density at radius 3 is 2.17 bits per heavy atom. The molecule has 5 heteroatoms. The fourth-order valence-electron chi connectivity index (χ4n) is 8.05. The maximum Gasteiger partial charge on any atom is 0.342 e. The molecule has 0 radical (unpaired) electrons. The van der Waals surface area contributed by atoms with Gasteiger partial charge in [0.25, 0.3) is 0 Å². The monoisotopic (exact) mass is 574 g/mol.